The number of aromatic nitrogens is 1. The number of carbonyl (C=O) groups is 2. The van der Waals surface area contributed by atoms with Crippen LogP contribution in [0.25, 0.3) is 0 Å². The van der Waals surface area contributed by atoms with E-state index >= 15 is 0 Å². The highest BCUT2D eigenvalue weighted by Crippen LogP contribution is 2.02. The second-order valence-corrected chi connectivity index (χ2v) is 3.41. The third-order valence-electron chi connectivity index (χ3n) is 2.02. The zero-order chi connectivity index (χ0) is 12.1. The van der Waals surface area contributed by atoms with E-state index in [1.807, 2.05) is 0 Å². The molecule has 1 unspecified atom stereocenters. The van der Waals surface area contributed by atoms with Crippen molar-refractivity contribution in [3.63, 3.8) is 0 Å². The van der Waals surface area contributed by atoms with Crippen LogP contribution >= 0.6 is 0 Å². The number of nitrogens with one attached hydrogen (secondary N) is 1. The maximum absolute atomic E-state index is 11.4. The van der Waals surface area contributed by atoms with E-state index in [1.54, 1.807) is 13.8 Å². The van der Waals surface area contributed by atoms with Crippen molar-refractivity contribution in [3.05, 3.63) is 17.8 Å². The van der Waals surface area contributed by atoms with Gasteiger partial charge in [-0.3, -0.25) is 4.79 Å². The van der Waals surface area contributed by atoms with Crippen LogP contribution in [0, 0.1) is 6.92 Å². The fourth-order valence-electron chi connectivity index (χ4n) is 1.20. The first-order chi connectivity index (χ1) is 7.52. The normalized spacial score (nSPS) is 12.1. The Morgan fingerprint density at radius 2 is 2.31 bits per heavy atom. The van der Waals surface area contributed by atoms with Crippen LogP contribution in [-0.4, -0.2) is 28.0 Å². The molecule has 1 atom stereocenters. The van der Waals surface area contributed by atoms with Gasteiger partial charge in [-0.25, -0.2) is 9.78 Å². The van der Waals surface area contributed by atoms with Crippen molar-refractivity contribution in [2.45, 2.75) is 32.7 Å². The molecule has 0 fully saturated rings. The van der Waals surface area contributed by atoms with Crippen molar-refractivity contribution < 1.29 is 19.1 Å². The number of oxazole rings is 1. The number of aliphatic carboxylic acids is 1. The summed E-state index contributed by atoms with van der Waals surface area (Å²) in [5.41, 5.74) is 0. The van der Waals surface area contributed by atoms with Crippen molar-refractivity contribution in [2.75, 3.05) is 0 Å². The molecule has 1 aromatic rings. The van der Waals surface area contributed by atoms with Gasteiger partial charge >= 0.3 is 5.97 Å². The Bertz CT molecular complexity index is 386. The number of carboxylic acid groups (broad SMARTS) is 1. The molecule has 6 heteroatoms. The Morgan fingerprint density at radius 1 is 1.62 bits per heavy atom. The Balaban J connectivity index is 2.50. The van der Waals surface area contributed by atoms with Crippen molar-refractivity contribution in [1.82, 2.24) is 10.3 Å². The largest absolute Gasteiger partial charge is 0.480 e. The van der Waals surface area contributed by atoms with Crippen LogP contribution in [-0.2, 0) is 16.0 Å². The number of hydrogen-bond donors (Lipinski definition) is 2. The fraction of sp³-hybridized carbons (Fsp3) is 0.500. The van der Waals surface area contributed by atoms with Crippen LogP contribution in [0.15, 0.2) is 10.6 Å². The lowest BCUT2D eigenvalue weighted by molar-refractivity contribution is -0.141. The van der Waals surface area contributed by atoms with Gasteiger partial charge in [0.15, 0.2) is 0 Å². The summed E-state index contributed by atoms with van der Waals surface area (Å²) in [5.74, 6) is -0.543. The molecular weight excluding hydrogens is 212 g/mol. The molecule has 1 amide bonds. The predicted molar refractivity (Wildman–Crippen MR) is 54.8 cm³/mol. The van der Waals surface area contributed by atoms with Gasteiger partial charge in [0.1, 0.15) is 18.2 Å². The maximum atomic E-state index is 11.4. The average molecular weight is 226 g/mol. The minimum absolute atomic E-state index is 0.0440. The Morgan fingerprint density at radius 3 is 2.75 bits per heavy atom. The molecule has 0 aliphatic carbocycles. The highest BCUT2D eigenvalue weighted by molar-refractivity contribution is 5.84. The van der Waals surface area contributed by atoms with Crippen LogP contribution in [0.2, 0.25) is 0 Å². The molecule has 88 valence electrons. The van der Waals surface area contributed by atoms with Crippen molar-refractivity contribution >= 4 is 11.9 Å². The number of aryl methyl sites for hydroxylation is 1. The molecule has 0 spiro atoms. The van der Waals surface area contributed by atoms with E-state index in [4.69, 9.17) is 9.52 Å². The smallest absolute Gasteiger partial charge is 0.326 e. The van der Waals surface area contributed by atoms with Crippen LogP contribution in [0.3, 0.4) is 0 Å². The topological polar surface area (TPSA) is 92.4 Å². The number of hydrogen-bond acceptors (Lipinski definition) is 4. The van der Waals surface area contributed by atoms with Crippen molar-refractivity contribution in [2.24, 2.45) is 0 Å². The molecule has 0 bridgehead atoms. The van der Waals surface area contributed by atoms with E-state index in [9.17, 15) is 9.59 Å². The van der Waals surface area contributed by atoms with Crippen LogP contribution in [0.1, 0.15) is 25.0 Å². The van der Waals surface area contributed by atoms with Gasteiger partial charge in [0, 0.05) is 0 Å². The van der Waals surface area contributed by atoms with E-state index in [0.717, 1.165) is 0 Å². The highest BCUT2D eigenvalue weighted by Gasteiger charge is 2.18. The number of rotatable bonds is 5. The maximum Gasteiger partial charge on any atom is 0.326 e. The quantitative estimate of drug-likeness (QED) is 0.762. The molecule has 1 aromatic heterocycles. The molecule has 0 saturated carbocycles. The minimum atomic E-state index is -1.04. The molecule has 0 aliphatic rings. The number of carbonyl (C=O) groups excluding carboxylic acids is 1. The Labute approximate surface area is 92.7 Å². The summed E-state index contributed by atoms with van der Waals surface area (Å²) in [6.45, 7) is 3.41. The lowest BCUT2D eigenvalue weighted by Crippen LogP contribution is -2.41. The van der Waals surface area contributed by atoms with E-state index in [0.29, 0.717) is 12.2 Å². The van der Waals surface area contributed by atoms with E-state index in [1.165, 1.54) is 6.20 Å². The standard InChI is InChI=1S/C10H14N2O4/c1-3-7(10(14)15)12-8(13)4-9-11-5-6(2)16-9/h5,7H,3-4H2,1-2H3,(H,12,13)(H,14,15). The Kier molecular flexibility index (Phi) is 4.04. The Hall–Kier alpha value is -1.85. The van der Waals surface area contributed by atoms with Gasteiger partial charge in [0.05, 0.1) is 6.20 Å². The number of carboxylic acids is 1. The summed E-state index contributed by atoms with van der Waals surface area (Å²) >= 11 is 0. The minimum Gasteiger partial charge on any atom is -0.480 e. The molecule has 0 aliphatic heterocycles. The lowest BCUT2D eigenvalue weighted by Gasteiger charge is -2.10. The lowest BCUT2D eigenvalue weighted by atomic mass is 10.2. The van der Waals surface area contributed by atoms with Crippen molar-refractivity contribution in [1.29, 1.82) is 0 Å². The zero-order valence-electron chi connectivity index (χ0n) is 9.19. The first-order valence-corrected chi connectivity index (χ1v) is 4.96. The molecule has 16 heavy (non-hydrogen) atoms. The average Bonchev–Trinajstić information content (AvgIpc) is 2.60. The van der Waals surface area contributed by atoms with Gasteiger partial charge in [-0.2, -0.15) is 0 Å². The molecule has 0 aromatic carbocycles. The van der Waals surface area contributed by atoms with E-state index in [2.05, 4.69) is 10.3 Å². The summed E-state index contributed by atoms with van der Waals surface area (Å²) in [5, 5.41) is 11.1. The third-order valence-corrected chi connectivity index (χ3v) is 2.02. The zero-order valence-corrected chi connectivity index (χ0v) is 9.19. The van der Waals surface area contributed by atoms with Crippen molar-refractivity contribution in [3.8, 4) is 0 Å². The molecule has 2 N–H and O–H groups in total. The van der Waals surface area contributed by atoms with Gasteiger partial charge < -0.3 is 14.8 Å². The summed E-state index contributed by atoms with van der Waals surface area (Å²) in [6.07, 6.45) is 1.81. The first-order valence-electron chi connectivity index (χ1n) is 4.96. The summed E-state index contributed by atoms with van der Waals surface area (Å²) < 4.78 is 5.11. The van der Waals surface area contributed by atoms with Crippen LogP contribution in [0.5, 0.6) is 0 Å². The highest BCUT2D eigenvalue weighted by atomic mass is 16.4. The van der Waals surface area contributed by atoms with Gasteiger partial charge in [-0.15, -0.1) is 0 Å². The van der Waals surface area contributed by atoms with E-state index < -0.39 is 17.9 Å². The fourth-order valence-corrected chi connectivity index (χ4v) is 1.20. The molecule has 6 nitrogen and oxygen atoms in total. The van der Waals surface area contributed by atoms with Gasteiger partial charge in [0.25, 0.3) is 0 Å². The SMILES string of the molecule is CCC(NC(=O)Cc1ncc(C)o1)C(=O)O. The van der Waals surface area contributed by atoms with Gasteiger partial charge in [-0.1, -0.05) is 6.92 Å². The van der Waals surface area contributed by atoms with Gasteiger partial charge in [0.2, 0.25) is 11.8 Å². The van der Waals surface area contributed by atoms with Gasteiger partial charge in [-0.05, 0) is 13.3 Å². The summed E-state index contributed by atoms with van der Waals surface area (Å²) in [4.78, 5) is 25.9. The second kappa shape index (κ2) is 5.29. The first kappa shape index (κ1) is 12.2. The summed E-state index contributed by atoms with van der Waals surface area (Å²) in [6, 6.07) is -0.858. The predicted octanol–water partition coefficient (Wildman–Crippen LogP) is 0.505. The molecule has 1 rings (SSSR count). The molecule has 0 saturated heterocycles. The molecule has 0 radical (unpaired) electrons. The number of nitrogens with zero attached hydrogens (tertiary/aromatic N) is 1. The monoisotopic (exact) mass is 226 g/mol. The molecule has 1 heterocycles. The number of amides is 1. The van der Waals surface area contributed by atoms with Crippen LogP contribution < -0.4 is 5.32 Å². The summed E-state index contributed by atoms with van der Waals surface area (Å²) in [7, 11) is 0. The second-order valence-electron chi connectivity index (χ2n) is 3.41. The third kappa shape index (κ3) is 3.38. The van der Waals surface area contributed by atoms with E-state index in [-0.39, 0.29) is 12.3 Å². The molecular formula is C10H14N2O4. The van der Waals surface area contributed by atoms with Crippen LogP contribution in [0.4, 0.5) is 0 Å².